The van der Waals surface area contributed by atoms with Crippen molar-refractivity contribution in [3.8, 4) is 0 Å². The van der Waals surface area contributed by atoms with E-state index in [4.69, 9.17) is 4.74 Å². The third-order valence-corrected chi connectivity index (χ3v) is 9.23. The van der Waals surface area contributed by atoms with Gasteiger partial charge in [-0.15, -0.1) is 0 Å². The lowest BCUT2D eigenvalue weighted by Crippen LogP contribution is -2.58. The first-order valence-corrected chi connectivity index (χ1v) is 10.8. The van der Waals surface area contributed by atoms with Gasteiger partial charge >= 0.3 is 0 Å². The molecule has 1 aliphatic heterocycles. The van der Waals surface area contributed by atoms with Gasteiger partial charge in [0.1, 0.15) is 6.29 Å². The Morgan fingerprint density at radius 1 is 1.20 bits per heavy atom. The van der Waals surface area contributed by atoms with E-state index < -0.39 is 0 Å². The van der Waals surface area contributed by atoms with Gasteiger partial charge in [0.05, 0.1) is 0 Å². The average molecular weight is 349 g/mol. The van der Waals surface area contributed by atoms with Crippen LogP contribution >= 0.6 is 0 Å². The summed E-state index contributed by atoms with van der Waals surface area (Å²) in [6, 6.07) is 0. The zero-order valence-electron chi connectivity index (χ0n) is 17.4. The molecule has 5 unspecified atom stereocenters. The molecule has 2 aliphatic carbocycles. The van der Waals surface area contributed by atoms with E-state index in [1.165, 1.54) is 32.0 Å². The van der Waals surface area contributed by atoms with E-state index in [-0.39, 0.29) is 11.3 Å². The van der Waals surface area contributed by atoms with Gasteiger partial charge in [-0.05, 0) is 78.4 Å². The largest absolute Gasteiger partial charge is 0.381 e. The number of hydrogen-bond donors (Lipinski definition) is 0. The summed E-state index contributed by atoms with van der Waals surface area (Å²) in [7, 11) is 0. The molecule has 2 saturated carbocycles. The molecule has 3 rings (SSSR count). The monoisotopic (exact) mass is 348 g/mol. The fourth-order valence-electron chi connectivity index (χ4n) is 7.42. The van der Waals surface area contributed by atoms with E-state index in [9.17, 15) is 4.79 Å². The molecule has 1 heterocycles. The molecule has 0 aromatic rings. The summed E-state index contributed by atoms with van der Waals surface area (Å²) in [5.41, 5.74) is 0.533. The Labute approximate surface area is 155 Å². The lowest BCUT2D eigenvalue weighted by molar-refractivity contribution is -0.162. The van der Waals surface area contributed by atoms with Crippen molar-refractivity contribution in [1.29, 1.82) is 0 Å². The Hall–Kier alpha value is -0.370. The maximum Gasteiger partial charge on any atom is 0.123 e. The van der Waals surface area contributed by atoms with Crippen LogP contribution in [0.5, 0.6) is 0 Å². The summed E-state index contributed by atoms with van der Waals surface area (Å²) in [5.74, 6) is 4.47. The molecule has 0 aromatic heterocycles. The lowest BCUT2D eigenvalue weighted by atomic mass is 9.41. The molecule has 3 aliphatic rings. The van der Waals surface area contributed by atoms with Gasteiger partial charge in [-0.25, -0.2) is 0 Å². The summed E-state index contributed by atoms with van der Waals surface area (Å²) in [6.45, 7) is 16.7. The average Bonchev–Trinajstić information content (AvgIpc) is 3.08. The molecule has 2 nitrogen and oxygen atoms in total. The molecule has 0 radical (unpaired) electrons. The van der Waals surface area contributed by atoms with Gasteiger partial charge in [-0.1, -0.05) is 41.5 Å². The van der Waals surface area contributed by atoms with E-state index in [1.54, 1.807) is 0 Å². The van der Waals surface area contributed by atoms with Crippen LogP contribution in [0.2, 0.25) is 0 Å². The van der Waals surface area contributed by atoms with Crippen LogP contribution in [0.3, 0.4) is 0 Å². The first-order chi connectivity index (χ1) is 11.7. The van der Waals surface area contributed by atoms with Crippen molar-refractivity contribution in [2.45, 2.75) is 73.6 Å². The third-order valence-electron chi connectivity index (χ3n) is 9.23. The second-order valence-corrected chi connectivity index (χ2v) is 10.5. The second kappa shape index (κ2) is 6.98. The summed E-state index contributed by atoms with van der Waals surface area (Å²) < 4.78 is 5.67. The van der Waals surface area contributed by atoms with Crippen molar-refractivity contribution in [3.05, 3.63) is 0 Å². The molecule has 1 saturated heterocycles. The highest BCUT2D eigenvalue weighted by atomic mass is 16.5. The number of fused-ring (bicyclic) bond motifs is 1. The molecule has 0 bridgehead atoms. The molecule has 144 valence electrons. The standard InChI is InChI=1S/C23H40O2/c1-15-11-17(3)22(5)9-7-20(13-24)23(6,21(22)18(15)4)12-16(2)19-8-10-25-14-19/h13,15-21H,7-12,14H2,1-6H3/t15?,16?,17-,18?,19?,20-,21?,22+,23+/m1/s1. The van der Waals surface area contributed by atoms with Crippen LogP contribution in [-0.4, -0.2) is 19.5 Å². The first-order valence-electron chi connectivity index (χ1n) is 10.8. The quantitative estimate of drug-likeness (QED) is 0.618. The zero-order valence-corrected chi connectivity index (χ0v) is 17.4. The van der Waals surface area contributed by atoms with Crippen LogP contribution < -0.4 is 0 Å². The Kier molecular flexibility index (Phi) is 5.42. The maximum absolute atomic E-state index is 12.1. The topological polar surface area (TPSA) is 26.3 Å². The number of carbonyl (C=O) groups is 1. The van der Waals surface area contributed by atoms with Gasteiger partial charge in [0.15, 0.2) is 0 Å². The van der Waals surface area contributed by atoms with Crippen LogP contribution in [0.4, 0.5) is 0 Å². The Morgan fingerprint density at radius 2 is 1.92 bits per heavy atom. The fraction of sp³-hybridized carbons (Fsp3) is 0.957. The molecule has 0 spiro atoms. The normalized spacial score (nSPS) is 51.8. The number of ether oxygens (including phenoxy) is 1. The summed E-state index contributed by atoms with van der Waals surface area (Å²) in [5, 5.41) is 0. The first kappa shape index (κ1) is 19.4. The minimum Gasteiger partial charge on any atom is -0.381 e. The van der Waals surface area contributed by atoms with Gasteiger partial charge in [-0.2, -0.15) is 0 Å². The van der Waals surface area contributed by atoms with E-state index >= 15 is 0 Å². The Morgan fingerprint density at radius 3 is 2.52 bits per heavy atom. The molecule has 3 fully saturated rings. The van der Waals surface area contributed by atoms with Crippen LogP contribution in [0.25, 0.3) is 0 Å². The lowest BCUT2D eigenvalue weighted by Gasteiger charge is -2.64. The van der Waals surface area contributed by atoms with Gasteiger partial charge in [0, 0.05) is 19.1 Å². The molecular weight excluding hydrogens is 308 g/mol. The van der Waals surface area contributed by atoms with E-state index in [1.807, 2.05) is 0 Å². The zero-order chi connectivity index (χ0) is 18.4. The molecule has 0 amide bonds. The van der Waals surface area contributed by atoms with Gasteiger partial charge in [0.25, 0.3) is 0 Å². The van der Waals surface area contributed by atoms with Crippen LogP contribution in [0.15, 0.2) is 0 Å². The number of carbonyl (C=O) groups excluding carboxylic acids is 1. The molecule has 0 aromatic carbocycles. The summed E-state index contributed by atoms with van der Waals surface area (Å²) in [4.78, 5) is 12.1. The van der Waals surface area contributed by atoms with Crippen molar-refractivity contribution >= 4 is 6.29 Å². The molecular formula is C23H40O2. The van der Waals surface area contributed by atoms with Crippen molar-refractivity contribution in [3.63, 3.8) is 0 Å². The van der Waals surface area contributed by atoms with Crippen molar-refractivity contribution < 1.29 is 9.53 Å². The van der Waals surface area contributed by atoms with E-state index in [0.717, 1.165) is 31.5 Å². The molecule has 0 N–H and O–H groups in total. The summed E-state index contributed by atoms with van der Waals surface area (Å²) in [6.07, 6.45) is 7.38. The maximum atomic E-state index is 12.1. The highest BCUT2D eigenvalue weighted by molar-refractivity contribution is 5.56. The smallest absolute Gasteiger partial charge is 0.123 e. The highest BCUT2D eigenvalue weighted by Crippen LogP contribution is 2.65. The number of hydrogen-bond acceptors (Lipinski definition) is 2. The Bertz CT molecular complexity index is 482. The molecule has 2 heteroatoms. The van der Waals surface area contributed by atoms with Crippen LogP contribution in [-0.2, 0) is 9.53 Å². The number of aldehydes is 1. The van der Waals surface area contributed by atoms with Gasteiger partial charge < -0.3 is 9.53 Å². The van der Waals surface area contributed by atoms with Crippen molar-refractivity contribution in [1.82, 2.24) is 0 Å². The third kappa shape index (κ3) is 3.11. The van der Waals surface area contributed by atoms with Gasteiger partial charge in [-0.3, -0.25) is 0 Å². The molecule has 25 heavy (non-hydrogen) atoms. The van der Waals surface area contributed by atoms with Gasteiger partial charge in [0.2, 0.25) is 0 Å². The predicted molar refractivity (Wildman–Crippen MR) is 103 cm³/mol. The minimum atomic E-state index is 0.138. The van der Waals surface area contributed by atoms with Crippen LogP contribution in [0.1, 0.15) is 73.6 Å². The fourth-order valence-corrected chi connectivity index (χ4v) is 7.42. The van der Waals surface area contributed by atoms with Crippen molar-refractivity contribution in [2.75, 3.05) is 13.2 Å². The minimum absolute atomic E-state index is 0.138. The molecule has 9 atom stereocenters. The SMILES string of the molecule is CC(C[C@]1(C)C2C(C)C(C)C[C@@H](C)[C@]2(C)CC[C@@H]1C=O)C1CCOC1. The van der Waals surface area contributed by atoms with Crippen LogP contribution in [0, 0.1) is 52.3 Å². The van der Waals surface area contributed by atoms with E-state index in [2.05, 4.69) is 41.5 Å². The van der Waals surface area contributed by atoms with Crippen molar-refractivity contribution in [2.24, 2.45) is 52.3 Å². The summed E-state index contributed by atoms with van der Waals surface area (Å²) >= 11 is 0. The Balaban J connectivity index is 1.94. The highest BCUT2D eigenvalue weighted by Gasteiger charge is 2.59. The number of rotatable bonds is 4. The predicted octanol–water partition coefficient (Wildman–Crippen LogP) is 5.60. The van der Waals surface area contributed by atoms with E-state index in [0.29, 0.717) is 29.1 Å². The second-order valence-electron chi connectivity index (χ2n) is 10.5.